The van der Waals surface area contributed by atoms with Gasteiger partial charge in [-0.05, 0) is 36.8 Å². The number of benzene rings is 2. The summed E-state index contributed by atoms with van der Waals surface area (Å²) < 4.78 is 5.32. The Morgan fingerprint density at radius 2 is 2.00 bits per heavy atom. The number of nitrogens with zero attached hydrogens (tertiary/aromatic N) is 2. The molecule has 2 amide bonds. The van der Waals surface area contributed by atoms with Crippen LogP contribution < -0.4 is 15.0 Å². The molecule has 0 aliphatic carbocycles. The zero-order chi connectivity index (χ0) is 19.4. The summed E-state index contributed by atoms with van der Waals surface area (Å²) in [6, 6.07) is 10.4. The highest BCUT2D eigenvalue weighted by molar-refractivity contribution is 6.33. The Labute approximate surface area is 159 Å². The molecule has 1 aliphatic heterocycles. The fourth-order valence-corrected chi connectivity index (χ4v) is 2.86. The summed E-state index contributed by atoms with van der Waals surface area (Å²) in [5.41, 5.74) is 0.992. The van der Waals surface area contributed by atoms with E-state index in [0.29, 0.717) is 35.1 Å². The number of hydrogen-bond donors (Lipinski definition) is 1. The molecule has 0 aromatic heterocycles. The number of carbonyl (C=O) groups excluding carboxylic acids is 2. The van der Waals surface area contributed by atoms with Crippen molar-refractivity contribution in [2.24, 2.45) is 0 Å². The highest BCUT2D eigenvalue weighted by atomic mass is 35.5. The highest BCUT2D eigenvalue weighted by Gasteiger charge is 2.22. The van der Waals surface area contributed by atoms with Crippen LogP contribution in [0.15, 0.2) is 42.5 Å². The van der Waals surface area contributed by atoms with Gasteiger partial charge < -0.3 is 15.0 Å². The lowest BCUT2D eigenvalue weighted by Gasteiger charge is -2.17. The molecule has 2 aromatic rings. The van der Waals surface area contributed by atoms with Gasteiger partial charge in [-0.2, -0.15) is 0 Å². The average molecular weight is 390 g/mol. The molecule has 1 fully saturated rings. The number of nitrogens with one attached hydrogen (secondary N) is 1. The summed E-state index contributed by atoms with van der Waals surface area (Å²) in [5.74, 6) is -0.0745. The van der Waals surface area contributed by atoms with E-state index in [0.717, 1.165) is 6.42 Å². The largest absolute Gasteiger partial charge is 0.484 e. The lowest BCUT2D eigenvalue weighted by atomic mass is 10.2. The average Bonchev–Trinajstić information content (AvgIpc) is 3.08. The van der Waals surface area contributed by atoms with Gasteiger partial charge in [-0.1, -0.05) is 11.6 Å². The van der Waals surface area contributed by atoms with Gasteiger partial charge in [-0.15, -0.1) is 0 Å². The van der Waals surface area contributed by atoms with Crippen molar-refractivity contribution in [3.05, 3.63) is 57.6 Å². The van der Waals surface area contributed by atoms with E-state index in [1.165, 1.54) is 24.3 Å². The fraction of sp³-hybridized carbons (Fsp3) is 0.222. The molecule has 0 atom stereocenters. The van der Waals surface area contributed by atoms with Crippen LogP contribution in [0.4, 0.5) is 17.1 Å². The van der Waals surface area contributed by atoms with Gasteiger partial charge in [0.05, 0.1) is 15.6 Å². The first-order valence-corrected chi connectivity index (χ1v) is 8.59. The van der Waals surface area contributed by atoms with Crippen LogP contribution in [0.2, 0.25) is 5.02 Å². The Bertz CT molecular complexity index is 885. The zero-order valence-corrected chi connectivity index (χ0v) is 14.9. The van der Waals surface area contributed by atoms with Gasteiger partial charge in [0.25, 0.3) is 11.6 Å². The van der Waals surface area contributed by atoms with Gasteiger partial charge in [-0.3, -0.25) is 19.7 Å². The normalized spacial score (nSPS) is 13.5. The number of hydrogen-bond acceptors (Lipinski definition) is 5. The van der Waals surface area contributed by atoms with Gasteiger partial charge in [0.1, 0.15) is 5.75 Å². The minimum absolute atomic E-state index is 0.0381. The maximum atomic E-state index is 12.1. The number of rotatable bonds is 6. The van der Waals surface area contributed by atoms with Crippen molar-refractivity contribution in [1.29, 1.82) is 0 Å². The molecule has 1 heterocycles. The molecule has 9 heteroatoms. The first-order chi connectivity index (χ1) is 12.9. The summed E-state index contributed by atoms with van der Waals surface area (Å²) in [6.07, 6.45) is 1.31. The van der Waals surface area contributed by atoms with E-state index in [1.54, 1.807) is 23.1 Å². The molecule has 140 valence electrons. The van der Waals surface area contributed by atoms with E-state index in [4.69, 9.17) is 16.3 Å². The Kier molecular flexibility index (Phi) is 5.56. The Hall–Kier alpha value is -3.13. The van der Waals surface area contributed by atoms with Crippen molar-refractivity contribution in [3.8, 4) is 5.75 Å². The number of ether oxygens (including phenoxy) is 1. The maximum absolute atomic E-state index is 12.1. The number of carbonyl (C=O) groups is 2. The Morgan fingerprint density at radius 1 is 1.26 bits per heavy atom. The van der Waals surface area contributed by atoms with Crippen molar-refractivity contribution in [2.45, 2.75) is 12.8 Å². The molecule has 8 nitrogen and oxygen atoms in total. The van der Waals surface area contributed by atoms with Crippen molar-refractivity contribution < 1.29 is 19.2 Å². The molecule has 2 aromatic carbocycles. The highest BCUT2D eigenvalue weighted by Crippen LogP contribution is 2.30. The monoisotopic (exact) mass is 389 g/mol. The molecule has 0 spiro atoms. The van der Waals surface area contributed by atoms with E-state index < -0.39 is 10.8 Å². The quantitative estimate of drug-likeness (QED) is 0.602. The third-order valence-electron chi connectivity index (χ3n) is 4.03. The van der Waals surface area contributed by atoms with Crippen molar-refractivity contribution in [2.75, 3.05) is 23.4 Å². The van der Waals surface area contributed by atoms with Crippen LogP contribution in [0.5, 0.6) is 5.75 Å². The molecular formula is C18H16ClN3O5. The minimum Gasteiger partial charge on any atom is -0.484 e. The second kappa shape index (κ2) is 8.05. The van der Waals surface area contributed by atoms with Crippen LogP contribution in [-0.4, -0.2) is 29.9 Å². The molecule has 1 aliphatic rings. The van der Waals surface area contributed by atoms with Crippen LogP contribution in [-0.2, 0) is 9.59 Å². The Morgan fingerprint density at radius 3 is 2.63 bits per heavy atom. The predicted octanol–water partition coefficient (Wildman–Crippen LogP) is 3.39. The number of non-ortho nitro benzene ring substituents is 1. The number of halogens is 1. The first kappa shape index (κ1) is 18.7. The second-order valence-electron chi connectivity index (χ2n) is 5.90. The van der Waals surface area contributed by atoms with Crippen molar-refractivity contribution in [3.63, 3.8) is 0 Å². The standard InChI is InChI=1S/C18H16ClN3O5/c19-15-8-5-13(21-9-1-2-18(21)24)10-16(15)20-17(23)11-27-14-6-3-12(4-7-14)22(25)26/h3-8,10H,1-2,9,11H2,(H,20,23). The third-order valence-corrected chi connectivity index (χ3v) is 4.36. The summed E-state index contributed by atoms with van der Waals surface area (Å²) in [5, 5.41) is 13.6. The van der Waals surface area contributed by atoms with Gasteiger partial charge in [0.15, 0.2) is 6.61 Å². The molecule has 27 heavy (non-hydrogen) atoms. The molecule has 3 rings (SSSR count). The molecule has 1 N–H and O–H groups in total. The maximum Gasteiger partial charge on any atom is 0.269 e. The predicted molar refractivity (Wildman–Crippen MR) is 100 cm³/mol. The van der Waals surface area contributed by atoms with Gasteiger partial charge >= 0.3 is 0 Å². The summed E-state index contributed by atoms with van der Waals surface area (Å²) in [6.45, 7) is 0.345. The third kappa shape index (κ3) is 4.53. The topological polar surface area (TPSA) is 102 Å². The minimum atomic E-state index is -0.517. The van der Waals surface area contributed by atoms with E-state index in [9.17, 15) is 19.7 Å². The number of anilines is 2. The second-order valence-corrected chi connectivity index (χ2v) is 6.31. The lowest BCUT2D eigenvalue weighted by Crippen LogP contribution is -2.24. The van der Waals surface area contributed by atoms with Gasteiger partial charge in [-0.25, -0.2) is 0 Å². The van der Waals surface area contributed by atoms with Gasteiger partial charge in [0, 0.05) is 30.8 Å². The van der Waals surface area contributed by atoms with Crippen LogP contribution in [0.25, 0.3) is 0 Å². The van der Waals surface area contributed by atoms with E-state index in [1.807, 2.05) is 0 Å². The van der Waals surface area contributed by atoms with Crippen LogP contribution >= 0.6 is 11.6 Å². The van der Waals surface area contributed by atoms with Crippen LogP contribution in [0.3, 0.4) is 0 Å². The van der Waals surface area contributed by atoms with E-state index in [-0.39, 0.29) is 18.2 Å². The molecule has 0 bridgehead atoms. The molecule has 0 saturated carbocycles. The SMILES string of the molecule is O=C(COc1ccc([N+](=O)[O-])cc1)Nc1cc(N2CCCC2=O)ccc1Cl. The van der Waals surface area contributed by atoms with E-state index >= 15 is 0 Å². The smallest absolute Gasteiger partial charge is 0.269 e. The first-order valence-electron chi connectivity index (χ1n) is 8.21. The molecular weight excluding hydrogens is 374 g/mol. The van der Waals surface area contributed by atoms with Crippen molar-refractivity contribution >= 4 is 40.5 Å². The molecule has 0 radical (unpaired) electrons. The fourth-order valence-electron chi connectivity index (χ4n) is 2.70. The number of amides is 2. The van der Waals surface area contributed by atoms with Crippen LogP contribution in [0.1, 0.15) is 12.8 Å². The summed E-state index contributed by atoms with van der Waals surface area (Å²) >= 11 is 6.12. The number of nitro groups is 1. The lowest BCUT2D eigenvalue weighted by molar-refractivity contribution is -0.384. The summed E-state index contributed by atoms with van der Waals surface area (Å²) in [7, 11) is 0. The Balaban J connectivity index is 1.61. The molecule has 0 unspecified atom stereocenters. The van der Waals surface area contributed by atoms with E-state index in [2.05, 4.69) is 5.32 Å². The van der Waals surface area contributed by atoms with Gasteiger partial charge in [0.2, 0.25) is 5.91 Å². The van der Waals surface area contributed by atoms with Crippen molar-refractivity contribution in [1.82, 2.24) is 0 Å². The molecule has 1 saturated heterocycles. The van der Waals surface area contributed by atoms with Crippen LogP contribution in [0, 0.1) is 10.1 Å². The number of nitro benzene ring substituents is 1. The zero-order valence-electron chi connectivity index (χ0n) is 14.2. The summed E-state index contributed by atoms with van der Waals surface area (Å²) in [4.78, 5) is 35.7.